The van der Waals surface area contributed by atoms with E-state index >= 15 is 0 Å². The number of likely N-dealkylation sites (tertiary alicyclic amines) is 1. The summed E-state index contributed by atoms with van der Waals surface area (Å²) in [6, 6.07) is 7.19. The number of nitrogens with zero attached hydrogens (tertiary/aromatic N) is 6. The van der Waals surface area contributed by atoms with Gasteiger partial charge in [-0.05, 0) is 30.9 Å². The third-order valence-electron chi connectivity index (χ3n) is 7.48. The fourth-order valence-electron chi connectivity index (χ4n) is 5.81. The molecular formula is C27H23N7O3. The first-order chi connectivity index (χ1) is 18.1. The molecule has 7 rings (SSSR count). The van der Waals surface area contributed by atoms with Crippen LogP contribution in [0, 0.1) is 0 Å². The van der Waals surface area contributed by atoms with Gasteiger partial charge in [0.25, 0.3) is 11.8 Å². The molecule has 1 N–H and O–H groups in total. The van der Waals surface area contributed by atoms with Crippen LogP contribution in [0.3, 0.4) is 0 Å². The lowest BCUT2D eigenvalue weighted by molar-refractivity contribution is -0.133. The van der Waals surface area contributed by atoms with Gasteiger partial charge in [0.2, 0.25) is 11.7 Å². The van der Waals surface area contributed by atoms with E-state index in [1.54, 1.807) is 29.1 Å². The molecule has 1 atom stereocenters. The van der Waals surface area contributed by atoms with Crippen molar-refractivity contribution in [3.05, 3.63) is 77.6 Å². The molecule has 0 radical (unpaired) electrons. The molecule has 3 aromatic rings. The molecule has 1 saturated heterocycles. The molecule has 6 heterocycles. The Kier molecular flexibility index (Phi) is 4.82. The molecule has 1 aromatic carbocycles. The number of imidazole rings is 1. The number of nitrogens with one attached hydrogen (secondary N) is 1. The molecule has 0 spiro atoms. The van der Waals surface area contributed by atoms with Crippen LogP contribution in [-0.2, 0) is 20.8 Å². The quantitative estimate of drug-likeness (QED) is 0.558. The summed E-state index contributed by atoms with van der Waals surface area (Å²) in [4.78, 5) is 56.9. The van der Waals surface area contributed by atoms with Crippen molar-refractivity contribution in [1.29, 1.82) is 0 Å². The summed E-state index contributed by atoms with van der Waals surface area (Å²) in [7, 11) is 0. The molecule has 0 saturated carbocycles. The number of carbonyl (C=O) groups excluding carboxylic acids is 3. The van der Waals surface area contributed by atoms with Gasteiger partial charge in [-0.25, -0.2) is 9.97 Å². The van der Waals surface area contributed by atoms with Crippen molar-refractivity contribution in [2.75, 3.05) is 18.0 Å². The van der Waals surface area contributed by atoms with Crippen LogP contribution in [0.5, 0.6) is 0 Å². The van der Waals surface area contributed by atoms with Crippen LogP contribution in [0.4, 0.5) is 5.69 Å². The summed E-state index contributed by atoms with van der Waals surface area (Å²) >= 11 is 0. The van der Waals surface area contributed by atoms with Crippen molar-refractivity contribution in [3.63, 3.8) is 0 Å². The minimum Gasteiger partial charge on any atom is -0.341 e. The second-order valence-corrected chi connectivity index (χ2v) is 9.57. The maximum Gasteiger partial charge on any atom is 0.261 e. The number of carbonyl (C=O) groups is 3. The SMILES string of the molecule is O=C1NC(=O)C(c2cnc3ncccn23)=C1C1=NC=CN2c3c(cccc31)CC2C(=O)N1CCCCC1. The normalized spacial score (nSPS) is 20.9. The zero-order chi connectivity index (χ0) is 25.1. The topological polar surface area (TPSA) is 112 Å². The Bertz CT molecular complexity index is 1590. The van der Waals surface area contributed by atoms with Gasteiger partial charge in [0.1, 0.15) is 6.04 Å². The fraction of sp³-hybridized carbons (Fsp3) is 0.259. The number of aromatic nitrogens is 3. The molecular weight excluding hydrogens is 470 g/mol. The predicted molar refractivity (Wildman–Crippen MR) is 136 cm³/mol. The number of hydrogen-bond donors (Lipinski definition) is 1. The number of amides is 3. The Morgan fingerprint density at radius 2 is 1.84 bits per heavy atom. The lowest BCUT2D eigenvalue weighted by Crippen LogP contribution is -2.47. The van der Waals surface area contributed by atoms with Gasteiger partial charge in [-0.15, -0.1) is 0 Å². The lowest BCUT2D eigenvalue weighted by atomic mass is 9.94. The summed E-state index contributed by atoms with van der Waals surface area (Å²) < 4.78 is 1.68. The number of benzene rings is 1. The van der Waals surface area contributed by atoms with E-state index in [1.807, 2.05) is 34.2 Å². The molecule has 1 unspecified atom stereocenters. The number of hydrogen-bond acceptors (Lipinski definition) is 7. The van der Waals surface area contributed by atoms with E-state index in [-0.39, 0.29) is 23.1 Å². The Balaban J connectivity index is 1.35. The van der Waals surface area contributed by atoms with Gasteiger partial charge in [-0.2, -0.15) is 0 Å². The zero-order valence-electron chi connectivity index (χ0n) is 19.9. The molecule has 1 fully saturated rings. The van der Waals surface area contributed by atoms with Gasteiger partial charge in [0.15, 0.2) is 0 Å². The van der Waals surface area contributed by atoms with Crippen molar-refractivity contribution in [3.8, 4) is 0 Å². The summed E-state index contributed by atoms with van der Waals surface area (Å²) in [6.45, 7) is 1.56. The highest BCUT2D eigenvalue weighted by atomic mass is 16.2. The molecule has 2 aromatic heterocycles. The number of rotatable bonds is 3. The molecule has 0 bridgehead atoms. The highest BCUT2D eigenvalue weighted by Gasteiger charge is 2.42. The maximum atomic E-state index is 13.5. The smallest absolute Gasteiger partial charge is 0.261 e. The van der Waals surface area contributed by atoms with E-state index in [1.165, 1.54) is 6.20 Å². The number of imide groups is 1. The molecule has 37 heavy (non-hydrogen) atoms. The van der Waals surface area contributed by atoms with Crippen LogP contribution >= 0.6 is 0 Å². The standard InChI is InChI=1S/C27H23N7O3/c35-24-20(19-15-30-27-29-8-5-12-34(19)27)21(25(36)31-24)22-17-7-4-6-16-14-18(33(23(16)17)13-9-28-22)26(37)32-10-2-1-3-11-32/h4-9,12-13,15,18H,1-3,10-11,14H2,(H,31,35,36). The van der Waals surface area contributed by atoms with Crippen LogP contribution in [0.1, 0.15) is 36.1 Å². The second kappa shape index (κ2) is 8.22. The van der Waals surface area contributed by atoms with Crippen LogP contribution in [0.25, 0.3) is 11.4 Å². The number of piperidine rings is 1. The van der Waals surface area contributed by atoms with Gasteiger partial charge >= 0.3 is 0 Å². The monoisotopic (exact) mass is 493 g/mol. The summed E-state index contributed by atoms with van der Waals surface area (Å²) in [5.41, 5.74) is 3.80. The van der Waals surface area contributed by atoms with Gasteiger partial charge in [-0.1, -0.05) is 18.2 Å². The molecule has 184 valence electrons. The fourth-order valence-corrected chi connectivity index (χ4v) is 5.81. The second-order valence-electron chi connectivity index (χ2n) is 9.57. The number of fused-ring (bicyclic) bond motifs is 1. The van der Waals surface area contributed by atoms with Gasteiger partial charge in [0.05, 0.1) is 34.4 Å². The van der Waals surface area contributed by atoms with Gasteiger partial charge < -0.3 is 9.80 Å². The largest absolute Gasteiger partial charge is 0.341 e. The van der Waals surface area contributed by atoms with Gasteiger partial charge in [0, 0.05) is 49.9 Å². The average Bonchev–Trinajstić information content (AvgIpc) is 3.55. The van der Waals surface area contributed by atoms with Gasteiger partial charge in [-0.3, -0.25) is 29.1 Å². The van der Waals surface area contributed by atoms with Crippen LogP contribution < -0.4 is 10.2 Å². The highest BCUT2D eigenvalue weighted by molar-refractivity contribution is 6.47. The molecule has 10 heteroatoms. The molecule has 10 nitrogen and oxygen atoms in total. The molecule has 3 amide bonds. The van der Waals surface area contributed by atoms with E-state index in [2.05, 4.69) is 20.3 Å². The van der Waals surface area contributed by atoms with Crippen molar-refractivity contribution in [2.45, 2.75) is 31.7 Å². The maximum absolute atomic E-state index is 13.5. The van der Waals surface area contributed by atoms with Crippen molar-refractivity contribution in [2.24, 2.45) is 4.99 Å². The minimum atomic E-state index is -0.518. The van der Waals surface area contributed by atoms with Crippen molar-refractivity contribution >= 4 is 40.5 Å². The Morgan fingerprint density at radius 1 is 1.00 bits per heavy atom. The predicted octanol–water partition coefficient (Wildman–Crippen LogP) is 1.86. The average molecular weight is 494 g/mol. The first kappa shape index (κ1) is 21.7. The molecule has 4 aliphatic rings. The highest BCUT2D eigenvalue weighted by Crippen LogP contribution is 2.40. The molecule has 4 aliphatic heterocycles. The zero-order valence-corrected chi connectivity index (χ0v) is 19.9. The number of anilines is 1. The van der Waals surface area contributed by atoms with Crippen molar-refractivity contribution < 1.29 is 14.4 Å². The third-order valence-corrected chi connectivity index (χ3v) is 7.48. The third kappa shape index (κ3) is 3.25. The number of para-hydroxylation sites is 1. The summed E-state index contributed by atoms with van der Waals surface area (Å²) in [5.74, 6) is -0.493. The Morgan fingerprint density at radius 3 is 2.70 bits per heavy atom. The van der Waals surface area contributed by atoms with Crippen molar-refractivity contribution in [1.82, 2.24) is 24.6 Å². The Labute approximate surface area is 212 Å². The first-order valence-electron chi connectivity index (χ1n) is 12.4. The van der Waals surface area contributed by atoms with E-state index in [0.717, 1.165) is 43.6 Å². The van der Waals surface area contributed by atoms with E-state index < -0.39 is 11.8 Å². The number of aliphatic imine (C=N–C) groups is 1. The first-order valence-corrected chi connectivity index (χ1v) is 12.4. The van der Waals surface area contributed by atoms with Crippen LogP contribution in [0.15, 0.2) is 65.8 Å². The summed E-state index contributed by atoms with van der Waals surface area (Å²) in [5, 5.41) is 2.44. The van der Waals surface area contributed by atoms with E-state index in [0.29, 0.717) is 29.2 Å². The van der Waals surface area contributed by atoms with Crippen LogP contribution in [-0.4, -0.2) is 61.8 Å². The summed E-state index contributed by atoms with van der Waals surface area (Å²) in [6.07, 6.45) is 12.1. The molecule has 0 aliphatic carbocycles. The lowest BCUT2D eigenvalue weighted by Gasteiger charge is -2.32. The van der Waals surface area contributed by atoms with Crippen LogP contribution in [0.2, 0.25) is 0 Å². The Hall–Kier alpha value is -4.60. The van der Waals surface area contributed by atoms with E-state index in [4.69, 9.17) is 0 Å². The minimum absolute atomic E-state index is 0.113. The van der Waals surface area contributed by atoms with E-state index in [9.17, 15) is 14.4 Å².